The third-order valence-corrected chi connectivity index (χ3v) is 2.69. The van der Waals surface area contributed by atoms with Gasteiger partial charge in [0.15, 0.2) is 0 Å². The molecule has 1 aromatic heterocycles. The Kier molecular flexibility index (Phi) is 6.94. The zero-order valence-electron chi connectivity index (χ0n) is 11.8. The van der Waals surface area contributed by atoms with Gasteiger partial charge in [0.05, 0.1) is 6.61 Å². The highest BCUT2D eigenvalue weighted by Crippen LogP contribution is 2.14. The van der Waals surface area contributed by atoms with E-state index in [-0.39, 0.29) is 12.6 Å². The highest BCUT2D eigenvalue weighted by Gasteiger charge is 2.28. The molecule has 0 aliphatic carbocycles. The third kappa shape index (κ3) is 6.33. The number of rotatable bonds is 9. The molecule has 5 nitrogen and oxygen atoms in total. The molecule has 1 rings (SSSR count). The van der Waals surface area contributed by atoms with Crippen LogP contribution in [0.3, 0.4) is 0 Å². The number of aromatic nitrogens is 3. The van der Waals surface area contributed by atoms with Gasteiger partial charge in [-0.1, -0.05) is 6.92 Å². The molecule has 0 radical (unpaired) electrons. The minimum absolute atomic E-state index is 0.00388. The van der Waals surface area contributed by atoms with Crippen LogP contribution in [0.2, 0.25) is 0 Å². The Hall–Kier alpha value is -1.15. The van der Waals surface area contributed by atoms with E-state index >= 15 is 0 Å². The van der Waals surface area contributed by atoms with Crippen molar-refractivity contribution in [3.8, 4) is 0 Å². The van der Waals surface area contributed by atoms with Crippen molar-refractivity contribution in [2.24, 2.45) is 0 Å². The lowest BCUT2D eigenvalue weighted by Crippen LogP contribution is -2.38. The quantitative estimate of drug-likeness (QED) is 0.754. The van der Waals surface area contributed by atoms with E-state index in [4.69, 9.17) is 4.74 Å². The molecule has 8 heteroatoms. The second-order valence-corrected chi connectivity index (χ2v) is 4.48. The van der Waals surface area contributed by atoms with Crippen molar-refractivity contribution < 1.29 is 17.9 Å². The number of hydrogen-bond acceptors (Lipinski definition) is 4. The Bertz CT molecular complexity index is 381. The summed E-state index contributed by atoms with van der Waals surface area (Å²) in [6.07, 6.45) is -1.45. The maximum absolute atomic E-state index is 12.1. The second kappa shape index (κ2) is 8.21. The molecule has 0 spiro atoms. The predicted molar refractivity (Wildman–Crippen MR) is 68.4 cm³/mol. The van der Waals surface area contributed by atoms with Gasteiger partial charge in [-0.05, 0) is 19.9 Å². The van der Waals surface area contributed by atoms with Crippen molar-refractivity contribution >= 4 is 0 Å². The van der Waals surface area contributed by atoms with Gasteiger partial charge in [-0.2, -0.15) is 18.3 Å². The lowest BCUT2D eigenvalue weighted by atomic mass is 10.2. The molecule has 116 valence electrons. The van der Waals surface area contributed by atoms with E-state index < -0.39 is 12.8 Å². The van der Waals surface area contributed by atoms with Gasteiger partial charge < -0.3 is 10.1 Å². The number of hydrogen-bond donors (Lipinski definition) is 1. The molecule has 0 bridgehead atoms. The summed E-state index contributed by atoms with van der Waals surface area (Å²) in [7, 11) is 0. The van der Waals surface area contributed by atoms with Crippen LogP contribution in [0.15, 0.2) is 6.33 Å². The smallest absolute Gasteiger partial charge is 0.370 e. The van der Waals surface area contributed by atoms with Crippen LogP contribution in [0.4, 0.5) is 13.2 Å². The molecule has 1 atom stereocenters. The summed E-state index contributed by atoms with van der Waals surface area (Å²) >= 11 is 0. The number of ether oxygens (including phenoxy) is 1. The Morgan fingerprint density at radius 3 is 2.75 bits per heavy atom. The summed E-state index contributed by atoms with van der Waals surface area (Å²) in [5.41, 5.74) is 0. The molecule has 0 amide bonds. The Morgan fingerprint density at radius 1 is 1.40 bits per heavy atom. The molecule has 1 unspecified atom stereocenters. The Morgan fingerprint density at radius 2 is 2.15 bits per heavy atom. The average Bonchev–Trinajstić information content (AvgIpc) is 2.81. The number of alkyl halides is 3. The molecule has 0 aromatic carbocycles. The van der Waals surface area contributed by atoms with E-state index in [1.807, 2.05) is 13.8 Å². The minimum atomic E-state index is -4.29. The lowest BCUT2D eigenvalue weighted by Gasteiger charge is -2.19. The molecule has 0 aliphatic rings. The lowest BCUT2D eigenvalue weighted by molar-refractivity contribution is -0.175. The first-order valence-corrected chi connectivity index (χ1v) is 6.70. The monoisotopic (exact) mass is 294 g/mol. The number of aryl methyl sites for hydroxylation is 1. The van der Waals surface area contributed by atoms with E-state index in [9.17, 15) is 13.2 Å². The van der Waals surface area contributed by atoms with Crippen LogP contribution >= 0.6 is 0 Å². The summed E-state index contributed by atoms with van der Waals surface area (Å²) in [5, 5.41) is 7.22. The fourth-order valence-corrected chi connectivity index (χ4v) is 1.79. The normalized spacial score (nSPS) is 13.7. The maximum atomic E-state index is 12.1. The largest absolute Gasteiger partial charge is 0.411 e. The topological polar surface area (TPSA) is 52.0 Å². The van der Waals surface area contributed by atoms with Crippen molar-refractivity contribution in [1.29, 1.82) is 0 Å². The van der Waals surface area contributed by atoms with Gasteiger partial charge in [-0.3, -0.25) is 4.68 Å². The van der Waals surface area contributed by atoms with Gasteiger partial charge in [0.2, 0.25) is 0 Å². The number of nitrogens with zero attached hydrogens (tertiary/aromatic N) is 3. The van der Waals surface area contributed by atoms with Crippen molar-refractivity contribution in [1.82, 2.24) is 20.1 Å². The molecule has 0 aliphatic heterocycles. The van der Waals surface area contributed by atoms with E-state index in [0.717, 1.165) is 18.8 Å². The van der Waals surface area contributed by atoms with Crippen LogP contribution in [0, 0.1) is 0 Å². The van der Waals surface area contributed by atoms with Crippen LogP contribution in [-0.2, 0) is 17.7 Å². The first-order valence-electron chi connectivity index (χ1n) is 6.70. The van der Waals surface area contributed by atoms with Gasteiger partial charge in [-0.15, -0.1) is 0 Å². The van der Waals surface area contributed by atoms with Crippen LogP contribution in [0.1, 0.15) is 26.1 Å². The number of halogens is 3. The highest BCUT2D eigenvalue weighted by atomic mass is 19.4. The van der Waals surface area contributed by atoms with Crippen LogP contribution in [0.25, 0.3) is 0 Å². The van der Waals surface area contributed by atoms with Crippen LogP contribution < -0.4 is 5.32 Å². The van der Waals surface area contributed by atoms with Crippen molar-refractivity contribution in [3.63, 3.8) is 0 Å². The van der Waals surface area contributed by atoms with Gasteiger partial charge in [-0.25, -0.2) is 4.98 Å². The summed E-state index contributed by atoms with van der Waals surface area (Å²) < 4.78 is 42.7. The maximum Gasteiger partial charge on any atom is 0.411 e. The molecular weight excluding hydrogens is 273 g/mol. The zero-order valence-corrected chi connectivity index (χ0v) is 11.8. The van der Waals surface area contributed by atoms with E-state index in [0.29, 0.717) is 13.0 Å². The summed E-state index contributed by atoms with van der Waals surface area (Å²) in [4.78, 5) is 4.13. The van der Waals surface area contributed by atoms with Gasteiger partial charge in [0.1, 0.15) is 18.8 Å². The van der Waals surface area contributed by atoms with Gasteiger partial charge >= 0.3 is 6.18 Å². The van der Waals surface area contributed by atoms with Crippen molar-refractivity contribution in [2.45, 2.75) is 45.5 Å². The second-order valence-electron chi connectivity index (χ2n) is 4.48. The van der Waals surface area contributed by atoms with Gasteiger partial charge in [0.25, 0.3) is 0 Å². The van der Waals surface area contributed by atoms with Crippen molar-refractivity contribution in [3.05, 3.63) is 12.2 Å². The van der Waals surface area contributed by atoms with Gasteiger partial charge in [0, 0.05) is 19.0 Å². The standard InChI is InChI=1S/C12H21F3N4O/c1-3-5-16-10(7-20-8-12(13,14)15)6-11-17-9-18-19(11)4-2/h9-10,16H,3-8H2,1-2H3. The highest BCUT2D eigenvalue weighted by molar-refractivity contribution is 4.89. The Balaban J connectivity index is 2.51. The fourth-order valence-electron chi connectivity index (χ4n) is 1.79. The number of nitrogens with one attached hydrogen (secondary N) is 1. The average molecular weight is 294 g/mol. The molecule has 1 aromatic rings. The third-order valence-electron chi connectivity index (χ3n) is 2.69. The van der Waals surface area contributed by atoms with E-state index in [1.165, 1.54) is 6.33 Å². The zero-order chi connectivity index (χ0) is 15.0. The molecule has 20 heavy (non-hydrogen) atoms. The molecule has 0 saturated heterocycles. The first kappa shape index (κ1) is 16.9. The summed E-state index contributed by atoms with van der Waals surface area (Å²) in [6, 6.07) is -0.202. The van der Waals surface area contributed by atoms with Crippen LogP contribution in [0.5, 0.6) is 0 Å². The molecule has 1 heterocycles. The van der Waals surface area contributed by atoms with E-state index in [2.05, 4.69) is 15.4 Å². The SMILES string of the molecule is CCCNC(COCC(F)(F)F)Cc1ncnn1CC. The van der Waals surface area contributed by atoms with Crippen LogP contribution in [-0.4, -0.2) is 46.7 Å². The predicted octanol–water partition coefficient (Wildman–Crippen LogP) is 1.79. The molecule has 0 fully saturated rings. The minimum Gasteiger partial charge on any atom is -0.370 e. The molecular formula is C12H21F3N4O. The van der Waals surface area contributed by atoms with E-state index in [1.54, 1.807) is 4.68 Å². The Labute approximate surface area is 116 Å². The van der Waals surface area contributed by atoms with Crippen molar-refractivity contribution in [2.75, 3.05) is 19.8 Å². The first-order chi connectivity index (χ1) is 9.46. The summed E-state index contributed by atoms with van der Waals surface area (Å²) in [5.74, 6) is 0.747. The molecule has 1 N–H and O–H groups in total. The fraction of sp³-hybridized carbons (Fsp3) is 0.833. The molecule has 0 saturated carbocycles. The summed E-state index contributed by atoms with van der Waals surface area (Å²) in [6.45, 7) is 4.11.